The Morgan fingerprint density at radius 2 is 1.81 bits per heavy atom. The first-order chi connectivity index (χ1) is 9.85. The van der Waals surface area contributed by atoms with Gasteiger partial charge >= 0.3 is 0 Å². The van der Waals surface area contributed by atoms with Crippen molar-refractivity contribution >= 4 is 5.91 Å². The van der Waals surface area contributed by atoms with E-state index in [1.54, 1.807) is 32.0 Å². The van der Waals surface area contributed by atoms with Gasteiger partial charge in [0.2, 0.25) is 5.91 Å². The van der Waals surface area contributed by atoms with Crippen molar-refractivity contribution in [3.05, 3.63) is 29.8 Å². The highest BCUT2D eigenvalue weighted by Crippen LogP contribution is 2.17. The highest BCUT2D eigenvalue weighted by Gasteiger charge is 2.25. The largest absolute Gasteiger partial charge is 0.508 e. The molecule has 21 heavy (non-hydrogen) atoms. The Balaban J connectivity index is 1.85. The molecule has 1 aromatic rings. The molecule has 1 saturated heterocycles. The number of carbonyl (C=O) groups is 1. The van der Waals surface area contributed by atoms with E-state index >= 15 is 0 Å². The minimum absolute atomic E-state index is 0.0411. The summed E-state index contributed by atoms with van der Waals surface area (Å²) in [7, 11) is 0. The van der Waals surface area contributed by atoms with Gasteiger partial charge in [-0.25, -0.2) is 0 Å². The summed E-state index contributed by atoms with van der Waals surface area (Å²) in [6.45, 7) is 7.10. The fourth-order valence-corrected chi connectivity index (χ4v) is 2.64. The molecule has 0 radical (unpaired) electrons. The van der Waals surface area contributed by atoms with Gasteiger partial charge in [0.1, 0.15) is 5.75 Å². The topological polar surface area (TPSA) is 64.0 Å². The molecular formula is C16H24N2O3. The zero-order chi connectivity index (χ0) is 15.5. The van der Waals surface area contributed by atoms with Gasteiger partial charge in [-0.3, -0.25) is 9.69 Å². The van der Waals surface area contributed by atoms with Gasteiger partial charge in [0.05, 0.1) is 12.0 Å². The monoisotopic (exact) mass is 292 g/mol. The zero-order valence-corrected chi connectivity index (χ0v) is 12.7. The number of nitrogens with zero attached hydrogens (tertiary/aromatic N) is 2. The summed E-state index contributed by atoms with van der Waals surface area (Å²) in [6, 6.07) is 6.95. The molecule has 1 aliphatic rings. The molecule has 5 nitrogen and oxygen atoms in total. The maximum Gasteiger partial charge on any atom is 0.227 e. The van der Waals surface area contributed by atoms with E-state index in [9.17, 15) is 15.0 Å². The van der Waals surface area contributed by atoms with E-state index in [2.05, 4.69) is 4.90 Å². The Morgan fingerprint density at radius 3 is 2.38 bits per heavy atom. The van der Waals surface area contributed by atoms with Crippen molar-refractivity contribution in [3.63, 3.8) is 0 Å². The van der Waals surface area contributed by atoms with Gasteiger partial charge in [-0.05, 0) is 19.9 Å². The molecule has 1 fully saturated rings. The summed E-state index contributed by atoms with van der Waals surface area (Å²) < 4.78 is 0. The normalized spacial score (nSPS) is 17.0. The van der Waals surface area contributed by atoms with Crippen LogP contribution in [0.15, 0.2) is 24.3 Å². The Bertz CT molecular complexity index is 489. The van der Waals surface area contributed by atoms with Crippen LogP contribution in [0.4, 0.5) is 0 Å². The van der Waals surface area contributed by atoms with E-state index in [-0.39, 0.29) is 18.1 Å². The molecule has 2 rings (SSSR count). The van der Waals surface area contributed by atoms with Crippen LogP contribution in [-0.4, -0.2) is 64.2 Å². The van der Waals surface area contributed by atoms with E-state index in [1.807, 2.05) is 11.0 Å². The third kappa shape index (κ3) is 4.72. The average Bonchev–Trinajstić information content (AvgIpc) is 2.40. The first kappa shape index (κ1) is 15.8. The van der Waals surface area contributed by atoms with Gasteiger partial charge in [-0.2, -0.15) is 0 Å². The van der Waals surface area contributed by atoms with Crippen molar-refractivity contribution in [2.45, 2.75) is 25.9 Å². The number of hydrogen-bond acceptors (Lipinski definition) is 4. The van der Waals surface area contributed by atoms with Crippen LogP contribution < -0.4 is 0 Å². The van der Waals surface area contributed by atoms with Crippen LogP contribution in [0, 0.1) is 0 Å². The number of para-hydroxylation sites is 1. The molecule has 0 spiro atoms. The predicted molar refractivity (Wildman–Crippen MR) is 81.1 cm³/mol. The van der Waals surface area contributed by atoms with E-state index in [1.165, 1.54) is 0 Å². The number of aliphatic hydroxyl groups is 1. The lowest BCUT2D eigenvalue weighted by Gasteiger charge is -2.37. The van der Waals surface area contributed by atoms with Crippen molar-refractivity contribution < 1.29 is 15.0 Å². The fraction of sp³-hybridized carbons (Fsp3) is 0.562. The highest BCUT2D eigenvalue weighted by atomic mass is 16.3. The SMILES string of the molecule is CC(C)(O)CN1CCN(C(=O)Cc2ccccc2O)CC1. The predicted octanol–water partition coefficient (Wildman–Crippen LogP) is 0.850. The molecule has 0 bridgehead atoms. The van der Waals surface area contributed by atoms with Crippen molar-refractivity contribution in [3.8, 4) is 5.75 Å². The van der Waals surface area contributed by atoms with Gasteiger partial charge in [-0.1, -0.05) is 18.2 Å². The number of aromatic hydroxyl groups is 1. The quantitative estimate of drug-likeness (QED) is 0.863. The number of benzene rings is 1. The van der Waals surface area contributed by atoms with Gasteiger partial charge in [-0.15, -0.1) is 0 Å². The third-order valence-corrected chi connectivity index (χ3v) is 3.67. The molecule has 0 unspecified atom stereocenters. The molecule has 0 saturated carbocycles. The summed E-state index contributed by atoms with van der Waals surface area (Å²) in [6.07, 6.45) is 0.234. The van der Waals surface area contributed by atoms with Gasteiger partial charge in [0, 0.05) is 38.3 Å². The number of amides is 1. The van der Waals surface area contributed by atoms with Gasteiger partial charge < -0.3 is 15.1 Å². The molecular weight excluding hydrogens is 268 g/mol. The maximum absolute atomic E-state index is 12.3. The lowest BCUT2D eigenvalue weighted by atomic mass is 10.1. The summed E-state index contributed by atoms with van der Waals surface area (Å²) in [4.78, 5) is 16.3. The summed E-state index contributed by atoms with van der Waals surface area (Å²) in [5.74, 6) is 0.214. The summed E-state index contributed by atoms with van der Waals surface area (Å²) >= 11 is 0. The Labute approximate surface area is 125 Å². The molecule has 0 aromatic heterocycles. The standard InChI is InChI=1S/C16H24N2O3/c1-16(2,21)12-17-7-9-18(10-8-17)15(20)11-13-5-3-4-6-14(13)19/h3-6,19,21H,7-12H2,1-2H3. The van der Waals surface area contributed by atoms with E-state index < -0.39 is 5.60 Å². The van der Waals surface area contributed by atoms with Crippen molar-refractivity contribution in [1.82, 2.24) is 9.80 Å². The molecule has 2 N–H and O–H groups in total. The number of rotatable bonds is 4. The number of β-amino-alcohol motifs (C(OH)–C–C–N with tert-alkyl or cyclic N) is 1. The van der Waals surface area contributed by atoms with Crippen LogP contribution >= 0.6 is 0 Å². The first-order valence-corrected chi connectivity index (χ1v) is 7.34. The number of phenolic OH excluding ortho intramolecular Hbond substituents is 1. The lowest BCUT2D eigenvalue weighted by molar-refractivity contribution is -0.132. The third-order valence-electron chi connectivity index (χ3n) is 3.67. The van der Waals surface area contributed by atoms with Crippen LogP contribution in [0.1, 0.15) is 19.4 Å². The molecule has 116 valence electrons. The minimum Gasteiger partial charge on any atom is -0.508 e. The van der Waals surface area contributed by atoms with Crippen molar-refractivity contribution in [1.29, 1.82) is 0 Å². The van der Waals surface area contributed by atoms with Gasteiger partial charge in [0.25, 0.3) is 0 Å². The highest BCUT2D eigenvalue weighted by molar-refractivity contribution is 5.79. The number of phenols is 1. The number of carbonyl (C=O) groups excluding carboxylic acids is 1. The Morgan fingerprint density at radius 1 is 1.19 bits per heavy atom. The molecule has 1 amide bonds. The van der Waals surface area contributed by atoms with E-state index in [0.717, 1.165) is 13.1 Å². The molecule has 0 aliphatic carbocycles. The van der Waals surface area contributed by atoms with E-state index in [4.69, 9.17) is 0 Å². The average molecular weight is 292 g/mol. The van der Waals surface area contributed by atoms with Crippen LogP contribution in [0.25, 0.3) is 0 Å². The molecule has 1 aliphatic heterocycles. The van der Waals surface area contributed by atoms with Crippen molar-refractivity contribution in [2.75, 3.05) is 32.7 Å². The molecule has 5 heteroatoms. The second-order valence-corrected chi connectivity index (χ2v) is 6.27. The summed E-state index contributed by atoms with van der Waals surface area (Å²) in [5.41, 5.74) is -0.0384. The second-order valence-electron chi connectivity index (χ2n) is 6.27. The molecule has 1 heterocycles. The first-order valence-electron chi connectivity index (χ1n) is 7.34. The van der Waals surface area contributed by atoms with Crippen LogP contribution in [-0.2, 0) is 11.2 Å². The van der Waals surface area contributed by atoms with Crippen molar-refractivity contribution in [2.24, 2.45) is 0 Å². The van der Waals surface area contributed by atoms with Crippen LogP contribution in [0.2, 0.25) is 0 Å². The Kier molecular flexibility index (Phi) is 4.85. The fourth-order valence-electron chi connectivity index (χ4n) is 2.64. The molecule has 0 atom stereocenters. The summed E-state index contributed by atoms with van der Waals surface area (Å²) in [5, 5.41) is 19.5. The number of hydrogen-bond donors (Lipinski definition) is 2. The molecule has 1 aromatic carbocycles. The Hall–Kier alpha value is -1.59. The zero-order valence-electron chi connectivity index (χ0n) is 12.7. The van der Waals surface area contributed by atoms with Crippen LogP contribution in [0.3, 0.4) is 0 Å². The van der Waals surface area contributed by atoms with E-state index in [0.29, 0.717) is 25.2 Å². The smallest absolute Gasteiger partial charge is 0.227 e. The maximum atomic E-state index is 12.3. The second kappa shape index (κ2) is 6.45. The van der Waals surface area contributed by atoms with Crippen LogP contribution in [0.5, 0.6) is 5.75 Å². The minimum atomic E-state index is -0.706. The number of piperazine rings is 1. The lowest BCUT2D eigenvalue weighted by Crippen LogP contribution is -2.52. The van der Waals surface area contributed by atoms with Gasteiger partial charge in [0.15, 0.2) is 0 Å².